The average molecular weight is 231 g/mol. The molecule has 1 unspecified atom stereocenters. The van der Waals surface area contributed by atoms with Crippen LogP contribution in [0.15, 0.2) is 12.1 Å². The summed E-state index contributed by atoms with van der Waals surface area (Å²) < 4.78 is 10.8. The molecule has 1 atom stereocenters. The minimum atomic E-state index is -0.647. The maximum Gasteiger partial charge on any atom is 0.0299 e. The van der Waals surface area contributed by atoms with Crippen LogP contribution < -0.4 is 5.32 Å². The molecule has 14 heavy (non-hydrogen) atoms. The molecule has 0 spiro atoms. The molecule has 0 saturated heterocycles. The van der Waals surface area contributed by atoms with Crippen molar-refractivity contribution >= 4 is 22.1 Å². The first-order chi connectivity index (χ1) is 6.68. The Balaban J connectivity index is 2.07. The topological polar surface area (TPSA) is 29.1 Å². The van der Waals surface area contributed by atoms with Gasteiger partial charge >= 0.3 is 0 Å². The predicted octanol–water partition coefficient (Wildman–Crippen LogP) is 1.91. The van der Waals surface area contributed by atoms with Crippen LogP contribution in [-0.2, 0) is 17.3 Å². The molecule has 1 N–H and O–H groups in total. The lowest BCUT2D eigenvalue weighted by molar-refractivity contribution is 0.665. The van der Waals surface area contributed by atoms with Gasteiger partial charge in [0.1, 0.15) is 0 Å². The molecule has 80 valence electrons. The predicted molar refractivity (Wildman–Crippen MR) is 64.3 cm³/mol. The van der Waals surface area contributed by atoms with E-state index >= 15 is 0 Å². The number of hydrogen-bond acceptors (Lipinski definition) is 3. The van der Waals surface area contributed by atoms with Gasteiger partial charge in [0, 0.05) is 39.1 Å². The zero-order valence-corrected chi connectivity index (χ0v) is 10.3. The van der Waals surface area contributed by atoms with Gasteiger partial charge in [-0.15, -0.1) is 11.3 Å². The minimum absolute atomic E-state index is 0.647. The third-order valence-corrected chi connectivity index (χ3v) is 3.74. The van der Waals surface area contributed by atoms with E-state index in [0.717, 1.165) is 25.3 Å². The number of nitrogens with one attached hydrogen (secondary N) is 1. The lowest BCUT2D eigenvalue weighted by Gasteiger charge is -2.01. The van der Waals surface area contributed by atoms with Gasteiger partial charge in [-0.25, -0.2) is 0 Å². The fourth-order valence-corrected chi connectivity index (χ4v) is 2.60. The highest BCUT2D eigenvalue weighted by Gasteiger charge is 1.96. The van der Waals surface area contributed by atoms with Gasteiger partial charge in [0.15, 0.2) is 0 Å². The van der Waals surface area contributed by atoms with Crippen molar-refractivity contribution in [3.63, 3.8) is 0 Å². The van der Waals surface area contributed by atoms with E-state index in [-0.39, 0.29) is 0 Å². The van der Waals surface area contributed by atoms with Crippen LogP contribution in [0.2, 0.25) is 0 Å². The summed E-state index contributed by atoms with van der Waals surface area (Å²) in [5, 5.41) is 3.35. The maximum absolute atomic E-state index is 10.8. The monoisotopic (exact) mass is 231 g/mol. The van der Waals surface area contributed by atoms with Gasteiger partial charge in [-0.3, -0.25) is 4.21 Å². The molecule has 1 aromatic rings. The first-order valence-corrected chi connectivity index (χ1v) is 7.29. The lowest BCUT2D eigenvalue weighted by atomic mass is 10.4. The second-order valence-corrected chi connectivity index (χ2v) is 6.25. The fourth-order valence-electron chi connectivity index (χ4n) is 1.19. The van der Waals surface area contributed by atoms with Crippen LogP contribution in [0.25, 0.3) is 0 Å². The van der Waals surface area contributed by atoms with Crippen molar-refractivity contribution in [2.45, 2.75) is 19.9 Å². The Morgan fingerprint density at radius 1 is 1.50 bits per heavy atom. The highest BCUT2D eigenvalue weighted by molar-refractivity contribution is 7.84. The van der Waals surface area contributed by atoms with Crippen molar-refractivity contribution in [2.75, 3.05) is 18.6 Å². The van der Waals surface area contributed by atoms with E-state index in [1.165, 1.54) is 9.75 Å². The van der Waals surface area contributed by atoms with Gasteiger partial charge in [-0.05, 0) is 32.0 Å². The molecule has 0 aliphatic rings. The van der Waals surface area contributed by atoms with Crippen molar-refractivity contribution in [2.24, 2.45) is 0 Å². The van der Waals surface area contributed by atoms with Gasteiger partial charge in [-0.2, -0.15) is 0 Å². The number of aryl methyl sites for hydroxylation is 1. The summed E-state index contributed by atoms with van der Waals surface area (Å²) >= 11 is 1.83. The summed E-state index contributed by atoms with van der Waals surface area (Å²) in [6.45, 7) is 4.01. The number of hydrogen-bond donors (Lipinski definition) is 1. The van der Waals surface area contributed by atoms with E-state index in [1.54, 1.807) is 6.26 Å². The molecule has 0 aliphatic heterocycles. The van der Waals surface area contributed by atoms with Crippen molar-refractivity contribution in [1.82, 2.24) is 5.32 Å². The molecule has 0 aliphatic carbocycles. The molecule has 0 fully saturated rings. The summed E-state index contributed by atoms with van der Waals surface area (Å²) in [6, 6.07) is 4.30. The Morgan fingerprint density at radius 2 is 2.29 bits per heavy atom. The molecule has 1 aromatic heterocycles. The first-order valence-electron chi connectivity index (χ1n) is 4.74. The van der Waals surface area contributed by atoms with Crippen LogP contribution in [-0.4, -0.2) is 22.8 Å². The quantitative estimate of drug-likeness (QED) is 0.758. The normalized spacial score (nSPS) is 13.0. The highest BCUT2D eigenvalue weighted by atomic mass is 32.2. The molecule has 2 nitrogen and oxygen atoms in total. The average Bonchev–Trinajstić information content (AvgIpc) is 2.50. The van der Waals surface area contributed by atoms with E-state index in [2.05, 4.69) is 24.4 Å². The van der Waals surface area contributed by atoms with Crippen LogP contribution in [0.1, 0.15) is 16.2 Å². The van der Waals surface area contributed by atoms with Gasteiger partial charge < -0.3 is 5.32 Å². The third kappa shape index (κ3) is 4.88. The van der Waals surface area contributed by atoms with Gasteiger partial charge in [0.2, 0.25) is 0 Å². The molecule has 0 aromatic carbocycles. The zero-order valence-electron chi connectivity index (χ0n) is 8.71. The van der Waals surface area contributed by atoms with E-state index in [0.29, 0.717) is 0 Å². The van der Waals surface area contributed by atoms with Crippen molar-refractivity contribution < 1.29 is 4.21 Å². The second-order valence-electron chi connectivity index (χ2n) is 3.32. The first kappa shape index (κ1) is 11.9. The number of rotatable bonds is 6. The van der Waals surface area contributed by atoms with E-state index < -0.39 is 10.8 Å². The maximum atomic E-state index is 10.8. The van der Waals surface area contributed by atoms with E-state index in [1.807, 2.05) is 11.3 Å². The van der Waals surface area contributed by atoms with Crippen LogP contribution in [0.5, 0.6) is 0 Å². The number of thiophene rings is 1. The van der Waals surface area contributed by atoms with Crippen LogP contribution >= 0.6 is 11.3 Å². The molecular weight excluding hydrogens is 214 g/mol. The standard InChI is InChI=1S/C10H17NOS2/c1-9-4-5-10(13-9)8-11-6-3-7-14(2)12/h4-5,11H,3,6-8H2,1-2H3. The van der Waals surface area contributed by atoms with Crippen LogP contribution in [0.3, 0.4) is 0 Å². The van der Waals surface area contributed by atoms with Gasteiger partial charge in [-0.1, -0.05) is 0 Å². The second kappa shape index (κ2) is 6.32. The summed E-state index contributed by atoms with van der Waals surface area (Å²) in [7, 11) is -0.647. The smallest absolute Gasteiger partial charge is 0.0299 e. The Hall–Kier alpha value is -0.190. The summed E-state index contributed by atoms with van der Waals surface area (Å²) in [4.78, 5) is 2.73. The Labute approximate surface area is 92.2 Å². The molecule has 4 heteroatoms. The molecule has 0 amide bonds. The lowest BCUT2D eigenvalue weighted by Crippen LogP contribution is -2.15. The van der Waals surface area contributed by atoms with Crippen molar-refractivity contribution in [3.05, 3.63) is 21.9 Å². The minimum Gasteiger partial charge on any atom is -0.312 e. The Bertz CT molecular complexity index is 296. The summed E-state index contributed by atoms with van der Waals surface area (Å²) in [5.74, 6) is 0.802. The van der Waals surface area contributed by atoms with E-state index in [9.17, 15) is 4.21 Å². The fraction of sp³-hybridized carbons (Fsp3) is 0.600. The largest absolute Gasteiger partial charge is 0.312 e. The Morgan fingerprint density at radius 3 is 2.86 bits per heavy atom. The molecule has 1 heterocycles. The van der Waals surface area contributed by atoms with Gasteiger partial charge in [0.05, 0.1) is 0 Å². The highest BCUT2D eigenvalue weighted by Crippen LogP contribution is 2.14. The molecule has 0 radical (unpaired) electrons. The van der Waals surface area contributed by atoms with E-state index in [4.69, 9.17) is 0 Å². The molecule has 0 saturated carbocycles. The van der Waals surface area contributed by atoms with Crippen LogP contribution in [0.4, 0.5) is 0 Å². The molecule has 0 bridgehead atoms. The van der Waals surface area contributed by atoms with Crippen molar-refractivity contribution in [1.29, 1.82) is 0 Å². The molecular formula is C10H17NOS2. The third-order valence-electron chi connectivity index (χ3n) is 1.88. The summed E-state index contributed by atoms with van der Waals surface area (Å²) in [5.41, 5.74) is 0. The SMILES string of the molecule is Cc1ccc(CNCCCS(C)=O)s1. The molecule has 1 rings (SSSR count). The Kier molecular flexibility index (Phi) is 5.37. The van der Waals surface area contributed by atoms with Crippen LogP contribution in [0, 0.1) is 6.92 Å². The summed E-state index contributed by atoms with van der Waals surface area (Å²) in [6.07, 6.45) is 2.75. The van der Waals surface area contributed by atoms with Gasteiger partial charge in [0.25, 0.3) is 0 Å². The van der Waals surface area contributed by atoms with Crippen molar-refractivity contribution in [3.8, 4) is 0 Å². The zero-order chi connectivity index (χ0) is 10.4.